The highest BCUT2D eigenvalue weighted by atomic mass is 32.1. The highest BCUT2D eigenvalue weighted by Crippen LogP contribution is 2.39. The number of alkyl halides is 2. The van der Waals surface area contributed by atoms with Crippen molar-refractivity contribution in [2.24, 2.45) is 0 Å². The summed E-state index contributed by atoms with van der Waals surface area (Å²) in [5.41, 5.74) is 1.48. The second kappa shape index (κ2) is 8.38. The lowest BCUT2D eigenvalue weighted by Gasteiger charge is -2.15. The number of anilines is 1. The van der Waals surface area contributed by atoms with Gasteiger partial charge < -0.3 is 10.1 Å². The molecule has 1 aliphatic rings. The predicted molar refractivity (Wildman–Crippen MR) is 102 cm³/mol. The number of carbonyl (C=O) groups is 2. The van der Waals surface area contributed by atoms with Crippen molar-refractivity contribution in [1.82, 2.24) is 9.78 Å². The fourth-order valence-electron chi connectivity index (χ4n) is 3.41. The van der Waals surface area contributed by atoms with Crippen molar-refractivity contribution < 1.29 is 23.1 Å². The van der Waals surface area contributed by atoms with Gasteiger partial charge in [-0.3, -0.25) is 9.48 Å². The number of amides is 1. The van der Waals surface area contributed by atoms with Crippen LogP contribution >= 0.6 is 11.3 Å². The molecule has 1 unspecified atom stereocenters. The van der Waals surface area contributed by atoms with Gasteiger partial charge >= 0.3 is 5.97 Å². The third-order valence-corrected chi connectivity index (χ3v) is 6.01. The fraction of sp³-hybridized carbons (Fsp3) is 0.526. The Balaban J connectivity index is 1.87. The zero-order valence-electron chi connectivity index (χ0n) is 16.1. The maximum atomic E-state index is 12.9. The summed E-state index contributed by atoms with van der Waals surface area (Å²) in [7, 11) is 0. The maximum Gasteiger partial charge on any atom is 0.341 e. The van der Waals surface area contributed by atoms with E-state index in [1.165, 1.54) is 22.1 Å². The second-order valence-corrected chi connectivity index (χ2v) is 7.86. The van der Waals surface area contributed by atoms with E-state index < -0.39 is 24.3 Å². The van der Waals surface area contributed by atoms with Gasteiger partial charge in [0.15, 0.2) is 0 Å². The summed E-state index contributed by atoms with van der Waals surface area (Å²) in [6, 6.07) is 0.462. The summed E-state index contributed by atoms with van der Waals surface area (Å²) < 4.78 is 32.2. The van der Waals surface area contributed by atoms with Gasteiger partial charge in [-0.05, 0) is 58.1 Å². The average molecular weight is 411 g/mol. The lowest BCUT2D eigenvalue weighted by atomic mass is 9.95. The lowest BCUT2D eigenvalue weighted by molar-refractivity contribution is -0.119. The van der Waals surface area contributed by atoms with Crippen LogP contribution < -0.4 is 5.32 Å². The molecule has 28 heavy (non-hydrogen) atoms. The van der Waals surface area contributed by atoms with E-state index in [0.717, 1.165) is 36.1 Å². The largest absolute Gasteiger partial charge is 0.462 e. The van der Waals surface area contributed by atoms with Crippen LogP contribution in [-0.2, 0) is 22.4 Å². The highest BCUT2D eigenvalue weighted by Gasteiger charge is 2.29. The number of thiophene rings is 1. The standard InChI is InChI=1S/C19H23F2N3O3S/c1-4-27-19(26)15-12-7-5-6-8-14(12)28-18(15)22-17(25)11(3)24-10(2)9-13(23-24)16(20)21/h9,11,16H,4-8H2,1-3H3,(H,22,25). The molecule has 1 amide bonds. The third kappa shape index (κ3) is 3.94. The molecule has 1 aliphatic carbocycles. The Hall–Kier alpha value is -2.29. The van der Waals surface area contributed by atoms with Crippen LogP contribution in [0, 0.1) is 6.92 Å². The molecule has 1 N–H and O–H groups in total. The van der Waals surface area contributed by atoms with Crippen LogP contribution in [0.3, 0.4) is 0 Å². The molecule has 0 aromatic carbocycles. The van der Waals surface area contributed by atoms with Crippen molar-refractivity contribution in [1.29, 1.82) is 0 Å². The number of halogens is 2. The Morgan fingerprint density at radius 2 is 2.07 bits per heavy atom. The summed E-state index contributed by atoms with van der Waals surface area (Å²) in [5.74, 6) is -0.865. The van der Waals surface area contributed by atoms with Crippen LogP contribution in [0.25, 0.3) is 0 Å². The molecule has 0 saturated carbocycles. The number of hydrogen-bond donors (Lipinski definition) is 1. The summed E-state index contributed by atoms with van der Waals surface area (Å²) >= 11 is 1.39. The van der Waals surface area contributed by atoms with E-state index in [1.54, 1.807) is 20.8 Å². The summed E-state index contributed by atoms with van der Waals surface area (Å²) in [6.45, 7) is 5.19. The maximum absolute atomic E-state index is 12.9. The zero-order valence-corrected chi connectivity index (χ0v) is 16.9. The predicted octanol–water partition coefficient (Wildman–Crippen LogP) is 4.45. The SMILES string of the molecule is CCOC(=O)c1c(NC(=O)C(C)n2nc(C(F)F)cc2C)sc2c1CCCC2. The van der Waals surface area contributed by atoms with Crippen molar-refractivity contribution in [2.75, 3.05) is 11.9 Å². The topological polar surface area (TPSA) is 73.2 Å². The minimum atomic E-state index is -2.70. The smallest absolute Gasteiger partial charge is 0.341 e. The van der Waals surface area contributed by atoms with E-state index in [-0.39, 0.29) is 12.3 Å². The van der Waals surface area contributed by atoms with Crippen LogP contribution in [-0.4, -0.2) is 28.3 Å². The fourth-order valence-corrected chi connectivity index (χ4v) is 4.69. The first-order valence-electron chi connectivity index (χ1n) is 9.30. The summed E-state index contributed by atoms with van der Waals surface area (Å²) in [6.07, 6.45) is 0.982. The second-order valence-electron chi connectivity index (χ2n) is 6.76. The van der Waals surface area contributed by atoms with Crippen molar-refractivity contribution in [2.45, 2.75) is 58.9 Å². The van der Waals surface area contributed by atoms with Gasteiger partial charge in [-0.15, -0.1) is 11.3 Å². The number of aryl methyl sites for hydroxylation is 2. The third-order valence-electron chi connectivity index (χ3n) is 4.80. The molecule has 6 nitrogen and oxygen atoms in total. The number of fused-ring (bicyclic) bond motifs is 1. The van der Waals surface area contributed by atoms with Gasteiger partial charge in [-0.2, -0.15) is 5.10 Å². The number of esters is 1. The van der Waals surface area contributed by atoms with Crippen molar-refractivity contribution in [3.63, 3.8) is 0 Å². The van der Waals surface area contributed by atoms with Gasteiger partial charge in [0.05, 0.1) is 12.2 Å². The van der Waals surface area contributed by atoms with Crippen molar-refractivity contribution in [3.05, 3.63) is 33.5 Å². The van der Waals surface area contributed by atoms with E-state index >= 15 is 0 Å². The molecular weight excluding hydrogens is 388 g/mol. The van der Waals surface area contributed by atoms with E-state index in [4.69, 9.17) is 4.74 Å². The number of hydrogen-bond acceptors (Lipinski definition) is 5. The number of nitrogens with one attached hydrogen (secondary N) is 1. The molecule has 0 spiro atoms. The molecule has 2 aromatic heterocycles. The molecule has 1 atom stereocenters. The van der Waals surface area contributed by atoms with Gasteiger partial charge in [0.25, 0.3) is 6.43 Å². The molecule has 0 fully saturated rings. The Labute approximate surface area is 165 Å². The normalized spacial score (nSPS) is 14.6. The summed E-state index contributed by atoms with van der Waals surface area (Å²) in [4.78, 5) is 26.4. The molecule has 0 aliphatic heterocycles. The monoisotopic (exact) mass is 411 g/mol. The Bertz CT molecular complexity index is 891. The molecule has 0 saturated heterocycles. The first-order chi connectivity index (χ1) is 13.3. The number of nitrogens with zero attached hydrogens (tertiary/aromatic N) is 2. The molecule has 0 bridgehead atoms. The minimum absolute atomic E-state index is 0.246. The highest BCUT2D eigenvalue weighted by molar-refractivity contribution is 7.17. The van der Waals surface area contributed by atoms with E-state index in [0.29, 0.717) is 16.3 Å². The molecule has 0 radical (unpaired) electrons. The van der Waals surface area contributed by atoms with Crippen LogP contribution in [0.1, 0.15) is 71.3 Å². The quantitative estimate of drug-likeness (QED) is 0.713. The van der Waals surface area contributed by atoms with Crippen molar-refractivity contribution >= 4 is 28.2 Å². The van der Waals surface area contributed by atoms with Crippen LogP contribution in [0.5, 0.6) is 0 Å². The molecule has 2 heterocycles. The molecule has 9 heteroatoms. The van der Waals surface area contributed by atoms with Crippen LogP contribution in [0.15, 0.2) is 6.07 Å². The number of aromatic nitrogens is 2. The van der Waals surface area contributed by atoms with E-state index in [2.05, 4.69) is 10.4 Å². The van der Waals surface area contributed by atoms with E-state index in [1.807, 2.05) is 0 Å². The van der Waals surface area contributed by atoms with Crippen molar-refractivity contribution in [3.8, 4) is 0 Å². The minimum Gasteiger partial charge on any atom is -0.462 e. The van der Waals surface area contributed by atoms with E-state index in [9.17, 15) is 18.4 Å². The van der Waals surface area contributed by atoms with Crippen LogP contribution in [0.2, 0.25) is 0 Å². The van der Waals surface area contributed by atoms with Gasteiger partial charge in [-0.1, -0.05) is 0 Å². The Kier molecular flexibility index (Phi) is 6.12. The van der Waals surface area contributed by atoms with Gasteiger partial charge in [0.1, 0.15) is 16.7 Å². The zero-order chi connectivity index (χ0) is 20.4. The Morgan fingerprint density at radius 1 is 1.36 bits per heavy atom. The molecule has 152 valence electrons. The molecular formula is C19H23F2N3O3S. The van der Waals surface area contributed by atoms with Gasteiger partial charge in [0.2, 0.25) is 5.91 Å². The average Bonchev–Trinajstić information content (AvgIpc) is 3.21. The number of rotatable bonds is 6. The number of carbonyl (C=O) groups excluding carboxylic acids is 2. The first kappa shape index (κ1) is 20.4. The summed E-state index contributed by atoms with van der Waals surface area (Å²) in [5, 5.41) is 7.10. The molecule has 2 aromatic rings. The number of ether oxygens (including phenoxy) is 1. The van der Waals surface area contributed by atoms with Gasteiger partial charge in [0, 0.05) is 10.6 Å². The first-order valence-corrected chi connectivity index (χ1v) is 10.1. The lowest BCUT2D eigenvalue weighted by Crippen LogP contribution is -2.26. The van der Waals surface area contributed by atoms with Crippen LogP contribution in [0.4, 0.5) is 13.8 Å². The van der Waals surface area contributed by atoms with Gasteiger partial charge in [-0.25, -0.2) is 13.6 Å². The molecule has 3 rings (SSSR count). The Morgan fingerprint density at radius 3 is 2.71 bits per heavy atom.